The van der Waals surface area contributed by atoms with Crippen molar-refractivity contribution >= 4 is 5.97 Å². The highest BCUT2D eigenvalue weighted by atomic mass is 19.4. The van der Waals surface area contributed by atoms with Gasteiger partial charge in [0.15, 0.2) is 0 Å². The molecule has 2 unspecified atom stereocenters. The lowest BCUT2D eigenvalue weighted by Gasteiger charge is -2.25. The van der Waals surface area contributed by atoms with E-state index in [4.69, 9.17) is 5.11 Å². The summed E-state index contributed by atoms with van der Waals surface area (Å²) in [4.78, 5) is 11.2. The lowest BCUT2D eigenvalue weighted by atomic mass is 10.1. The van der Waals surface area contributed by atoms with Crippen molar-refractivity contribution in [2.75, 3.05) is 0 Å². The molecule has 0 aliphatic carbocycles. The number of alkyl halides is 3. The summed E-state index contributed by atoms with van der Waals surface area (Å²) in [6, 6.07) is 0. The van der Waals surface area contributed by atoms with E-state index in [-0.39, 0.29) is 0 Å². The Bertz CT molecular complexity index is 262. The lowest BCUT2D eigenvalue weighted by molar-refractivity contribution is -0.258. The monoisotopic (exact) mass is 270 g/mol. The molecule has 0 aromatic rings. The third-order valence-electron chi connectivity index (χ3n) is 2.72. The van der Waals surface area contributed by atoms with Gasteiger partial charge < -0.3 is 9.84 Å². The molecule has 0 bridgehead atoms. The summed E-state index contributed by atoms with van der Waals surface area (Å²) in [6.07, 6.45) is -1.31. The van der Waals surface area contributed by atoms with E-state index in [1.165, 1.54) is 6.92 Å². The van der Waals surface area contributed by atoms with Gasteiger partial charge in [-0.15, -0.1) is 0 Å². The van der Waals surface area contributed by atoms with Crippen LogP contribution in [0.15, 0.2) is 0 Å². The molecule has 0 saturated heterocycles. The molecule has 0 radical (unpaired) electrons. The first-order valence-corrected chi connectivity index (χ1v) is 6.13. The molecule has 0 aromatic carbocycles. The molecule has 0 aliphatic heterocycles. The van der Waals surface area contributed by atoms with Crippen LogP contribution in [0, 0.1) is 0 Å². The van der Waals surface area contributed by atoms with Crippen molar-refractivity contribution in [3.05, 3.63) is 0 Å². The highest BCUT2D eigenvalue weighted by Crippen LogP contribution is 2.31. The van der Waals surface area contributed by atoms with Gasteiger partial charge in [0.1, 0.15) is 0 Å². The summed E-state index contributed by atoms with van der Waals surface area (Å²) in [7, 11) is 0. The molecule has 0 aromatic heterocycles. The Hall–Kier alpha value is -0.780. The van der Waals surface area contributed by atoms with Gasteiger partial charge in [0.2, 0.25) is 0 Å². The molecular formula is C12H21F3O3. The minimum atomic E-state index is -5.02. The van der Waals surface area contributed by atoms with Crippen LogP contribution in [0.5, 0.6) is 0 Å². The van der Waals surface area contributed by atoms with E-state index in [1.807, 2.05) is 6.92 Å². The minimum absolute atomic E-state index is 0.402. The minimum Gasteiger partial charge on any atom is -0.460 e. The lowest BCUT2D eigenvalue weighted by Crippen LogP contribution is -2.51. The van der Waals surface area contributed by atoms with Crippen LogP contribution in [-0.4, -0.2) is 29.0 Å². The van der Waals surface area contributed by atoms with Crippen molar-refractivity contribution in [2.24, 2.45) is 0 Å². The van der Waals surface area contributed by atoms with E-state index in [1.54, 1.807) is 0 Å². The van der Waals surface area contributed by atoms with Crippen LogP contribution in [0.25, 0.3) is 0 Å². The Labute approximate surface area is 105 Å². The normalized spacial score (nSPS) is 17.1. The average molecular weight is 270 g/mol. The number of halogens is 3. The fourth-order valence-electron chi connectivity index (χ4n) is 1.33. The number of carbonyl (C=O) groups excluding carboxylic acids is 1. The first-order valence-electron chi connectivity index (χ1n) is 6.13. The summed E-state index contributed by atoms with van der Waals surface area (Å²) in [5, 5.41) is 9.08. The smallest absolute Gasteiger partial charge is 0.427 e. The zero-order valence-electron chi connectivity index (χ0n) is 11.0. The Balaban J connectivity index is 4.15. The van der Waals surface area contributed by atoms with Crippen molar-refractivity contribution in [3.63, 3.8) is 0 Å². The third kappa shape index (κ3) is 5.25. The molecule has 2 atom stereocenters. The molecule has 18 heavy (non-hydrogen) atoms. The largest absolute Gasteiger partial charge is 0.460 e. The molecule has 0 fully saturated rings. The molecule has 0 amide bonds. The van der Waals surface area contributed by atoms with Gasteiger partial charge >= 0.3 is 12.1 Å². The van der Waals surface area contributed by atoms with Crippen molar-refractivity contribution in [3.8, 4) is 0 Å². The number of hydrogen-bond acceptors (Lipinski definition) is 3. The van der Waals surface area contributed by atoms with E-state index >= 15 is 0 Å². The zero-order valence-corrected chi connectivity index (χ0v) is 11.0. The molecule has 6 heteroatoms. The van der Waals surface area contributed by atoms with Gasteiger partial charge in [-0.05, 0) is 26.7 Å². The summed E-state index contributed by atoms with van der Waals surface area (Å²) in [6.45, 7) is 3.97. The number of ether oxygens (including phenoxy) is 1. The second-order valence-electron chi connectivity index (χ2n) is 4.64. The molecule has 0 heterocycles. The molecular weight excluding hydrogens is 249 g/mol. The third-order valence-corrected chi connectivity index (χ3v) is 2.72. The molecule has 1 N–H and O–H groups in total. The van der Waals surface area contributed by atoms with E-state index in [9.17, 15) is 18.0 Å². The van der Waals surface area contributed by atoms with Gasteiger partial charge in [-0.1, -0.05) is 26.2 Å². The zero-order chi connectivity index (χ0) is 14.4. The van der Waals surface area contributed by atoms with E-state index in [0.717, 1.165) is 25.7 Å². The predicted molar refractivity (Wildman–Crippen MR) is 61.0 cm³/mol. The summed E-state index contributed by atoms with van der Waals surface area (Å²) < 4.78 is 41.6. The van der Waals surface area contributed by atoms with E-state index in [2.05, 4.69) is 4.74 Å². The first-order chi connectivity index (χ1) is 8.13. The Morgan fingerprint density at radius 2 is 1.83 bits per heavy atom. The summed E-state index contributed by atoms with van der Waals surface area (Å²) in [5.41, 5.74) is -3.44. The van der Waals surface area contributed by atoms with Crippen LogP contribution in [0.2, 0.25) is 0 Å². The maximum Gasteiger partial charge on any atom is 0.427 e. The van der Waals surface area contributed by atoms with Crippen LogP contribution < -0.4 is 0 Å². The van der Waals surface area contributed by atoms with Gasteiger partial charge in [-0.2, -0.15) is 13.2 Å². The topological polar surface area (TPSA) is 46.5 Å². The first kappa shape index (κ1) is 17.2. The molecule has 3 nitrogen and oxygen atoms in total. The fourth-order valence-corrected chi connectivity index (χ4v) is 1.33. The highest BCUT2D eigenvalue weighted by Gasteiger charge is 2.57. The number of hydrogen-bond donors (Lipinski definition) is 1. The molecule has 108 valence electrons. The maximum atomic E-state index is 12.3. The number of unbranched alkanes of at least 4 members (excludes halogenated alkanes) is 3. The Morgan fingerprint density at radius 3 is 2.28 bits per heavy atom. The number of carbonyl (C=O) groups is 1. The van der Waals surface area contributed by atoms with Crippen LogP contribution in [0.1, 0.15) is 52.9 Å². The van der Waals surface area contributed by atoms with Crippen LogP contribution in [0.3, 0.4) is 0 Å². The van der Waals surface area contributed by atoms with Crippen molar-refractivity contribution in [2.45, 2.75) is 70.8 Å². The highest BCUT2D eigenvalue weighted by molar-refractivity contribution is 5.79. The van der Waals surface area contributed by atoms with Gasteiger partial charge in [-0.3, -0.25) is 0 Å². The van der Waals surface area contributed by atoms with Crippen LogP contribution >= 0.6 is 0 Å². The average Bonchev–Trinajstić information content (AvgIpc) is 2.22. The quantitative estimate of drug-likeness (QED) is 0.571. The number of esters is 1. The van der Waals surface area contributed by atoms with Gasteiger partial charge in [0.05, 0.1) is 6.10 Å². The molecule has 0 rings (SSSR count). The fraction of sp³-hybridized carbons (Fsp3) is 0.917. The van der Waals surface area contributed by atoms with Gasteiger partial charge in [0, 0.05) is 0 Å². The van der Waals surface area contributed by atoms with E-state index in [0.29, 0.717) is 13.3 Å². The second-order valence-corrected chi connectivity index (χ2v) is 4.64. The Morgan fingerprint density at radius 1 is 1.28 bits per heavy atom. The van der Waals surface area contributed by atoms with Gasteiger partial charge in [0.25, 0.3) is 5.60 Å². The van der Waals surface area contributed by atoms with Gasteiger partial charge in [-0.25, -0.2) is 4.79 Å². The SMILES string of the molecule is CCCCCCC(C)OC(=O)C(C)(O)C(F)(F)F. The molecule has 0 aliphatic rings. The predicted octanol–water partition coefficient (Wildman–Crippen LogP) is 3.20. The summed E-state index contributed by atoms with van der Waals surface area (Å²) in [5.74, 6) is -1.64. The van der Waals surface area contributed by atoms with E-state index < -0.39 is 23.9 Å². The standard InChI is InChI=1S/C12H21F3O3/c1-4-5-6-7-8-9(2)18-10(16)11(3,17)12(13,14)15/h9,17H,4-8H2,1-3H3. The van der Waals surface area contributed by atoms with Crippen LogP contribution in [-0.2, 0) is 9.53 Å². The second kappa shape index (κ2) is 6.97. The summed E-state index contributed by atoms with van der Waals surface area (Å²) >= 11 is 0. The van der Waals surface area contributed by atoms with Crippen molar-refractivity contribution in [1.82, 2.24) is 0 Å². The number of aliphatic hydroxyl groups is 1. The molecule has 0 saturated carbocycles. The van der Waals surface area contributed by atoms with Crippen molar-refractivity contribution in [1.29, 1.82) is 0 Å². The molecule has 0 spiro atoms. The maximum absolute atomic E-state index is 12.3. The number of rotatable bonds is 7. The van der Waals surface area contributed by atoms with Crippen LogP contribution in [0.4, 0.5) is 13.2 Å². The Kier molecular flexibility index (Phi) is 6.67. The van der Waals surface area contributed by atoms with Crippen molar-refractivity contribution < 1.29 is 27.8 Å².